The van der Waals surface area contributed by atoms with E-state index in [1.165, 1.54) is 5.56 Å². The van der Waals surface area contributed by atoms with Crippen LogP contribution < -0.4 is 4.74 Å². The Morgan fingerprint density at radius 2 is 1.94 bits per heavy atom. The Hall–Kier alpha value is -0.990. The summed E-state index contributed by atoms with van der Waals surface area (Å²) < 4.78 is 5.30. The summed E-state index contributed by atoms with van der Waals surface area (Å²) in [4.78, 5) is 1.07. The molecular weight excluding hydrogens is 252 g/mol. The summed E-state index contributed by atoms with van der Waals surface area (Å²) in [7, 11) is 1.68. The van der Waals surface area contributed by atoms with Gasteiger partial charge >= 0.3 is 0 Å². The zero-order valence-corrected chi connectivity index (χ0v) is 11.5. The standard InChI is InChI=1S/C14H15ClOS/c1-3-10-4-6-11(7-5-10)13(15)14-12(16-2)8-9-17-14/h4-9,13H,3H2,1-2H3. The van der Waals surface area contributed by atoms with Crippen molar-refractivity contribution in [3.05, 3.63) is 51.7 Å². The van der Waals surface area contributed by atoms with Crippen LogP contribution in [0.2, 0.25) is 0 Å². The van der Waals surface area contributed by atoms with Gasteiger partial charge in [-0.3, -0.25) is 0 Å². The van der Waals surface area contributed by atoms with Gasteiger partial charge in [0, 0.05) is 0 Å². The number of hydrogen-bond acceptors (Lipinski definition) is 2. The van der Waals surface area contributed by atoms with Crippen molar-refractivity contribution in [3.8, 4) is 5.75 Å². The second-order valence-electron chi connectivity index (χ2n) is 3.81. The molecule has 0 spiro atoms. The number of aryl methyl sites for hydroxylation is 1. The maximum atomic E-state index is 6.48. The van der Waals surface area contributed by atoms with Crippen LogP contribution in [-0.4, -0.2) is 7.11 Å². The topological polar surface area (TPSA) is 9.23 Å². The van der Waals surface area contributed by atoms with Crippen molar-refractivity contribution in [3.63, 3.8) is 0 Å². The van der Waals surface area contributed by atoms with Crippen LogP contribution in [0.5, 0.6) is 5.75 Å². The predicted molar refractivity (Wildman–Crippen MR) is 74.4 cm³/mol. The van der Waals surface area contributed by atoms with E-state index in [9.17, 15) is 0 Å². The maximum Gasteiger partial charge on any atom is 0.134 e. The van der Waals surface area contributed by atoms with Crippen LogP contribution in [0.4, 0.5) is 0 Å². The molecule has 90 valence electrons. The summed E-state index contributed by atoms with van der Waals surface area (Å²) in [5, 5.41) is 1.88. The molecule has 1 atom stereocenters. The monoisotopic (exact) mass is 266 g/mol. The quantitative estimate of drug-likeness (QED) is 0.732. The number of ether oxygens (including phenoxy) is 1. The van der Waals surface area contributed by atoms with E-state index in [-0.39, 0.29) is 5.38 Å². The molecule has 2 rings (SSSR count). The number of hydrogen-bond donors (Lipinski definition) is 0. The van der Waals surface area contributed by atoms with Crippen LogP contribution in [0.25, 0.3) is 0 Å². The molecule has 1 aromatic heterocycles. The minimum absolute atomic E-state index is 0.129. The van der Waals surface area contributed by atoms with Gasteiger partial charge in [0.2, 0.25) is 0 Å². The number of halogens is 1. The fourth-order valence-electron chi connectivity index (χ4n) is 1.74. The van der Waals surface area contributed by atoms with Crippen molar-refractivity contribution >= 4 is 22.9 Å². The summed E-state index contributed by atoms with van der Waals surface area (Å²) >= 11 is 8.11. The lowest BCUT2D eigenvalue weighted by molar-refractivity contribution is 0.413. The number of benzene rings is 1. The first-order chi connectivity index (χ1) is 8.26. The molecule has 1 unspecified atom stereocenters. The fraction of sp³-hybridized carbons (Fsp3) is 0.286. The van der Waals surface area contributed by atoms with Gasteiger partial charge in [0.05, 0.1) is 17.4 Å². The molecule has 0 N–H and O–H groups in total. The van der Waals surface area contributed by atoms with Crippen molar-refractivity contribution in [2.45, 2.75) is 18.7 Å². The van der Waals surface area contributed by atoms with Gasteiger partial charge in [0.15, 0.2) is 0 Å². The average Bonchev–Trinajstić information content (AvgIpc) is 2.86. The third-order valence-corrected chi connectivity index (χ3v) is 4.35. The highest BCUT2D eigenvalue weighted by Crippen LogP contribution is 2.38. The van der Waals surface area contributed by atoms with Gasteiger partial charge in [0.25, 0.3) is 0 Å². The minimum atomic E-state index is -0.129. The largest absolute Gasteiger partial charge is 0.496 e. The molecule has 1 nitrogen and oxygen atoms in total. The smallest absolute Gasteiger partial charge is 0.134 e. The predicted octanol–water partition coefficient (Wildman–Crippen LogP) is 4.65. The highest BCUT2D eigenvalue weighted by molar-refractivity contribution is 7.10. The van der Waals surface area contributed by atoms with Gasteiger partial charge in [-0.2, -0.15) is 0 Å². The van der Waals surface area contributed by atoms with E-state index in [2.05, 4.69) is 31.2 Å². The van der Waals surface area contributed by atoms with E-state index >= 15 is 0 Å². The van der Waals surface area contributed by atoms with Gasteiger partial charge in [-0.25, -0.2) is 0 Å². The van der Waals surface area contributed by atoms with E-state index in [1.807, 2.05) is 11.4 Å². The van der Waals surface area contributed by atoms with Gasteiger partial charge in [0.1, 0.15) is 5.75 Å². The Bertz CT molecular complexity index is 475. The number of rotatable bonds is 4. The maximum absolute atomic E-state index is 6.48. The molecule has 1 aromatic carbocycles. The van der Waals surface area contributed by atoms with Crippen molar-refractivity contribution in [2.75, 3.05) is 7.11 Å². The molecule has 1 heterocycles. The van der Waals surface area contributed by atoms with E-state index in [1.54, 1.807) is 18.4 Å². The van der Waals surface area contributed by atoms with Crippen molar-refractivity contribution in [1.82, 2.24) is 0 Å². The fourth-order valence-corrected chi connectivity index (χ4v) is 3.00. The first kappa shape index (κ1) is 12.5. The van der Waals surface area contributed by atoms with E-state index in [0.717, 1.165) is 22.6 Å². The van der Waals surface area contributed by atoms with Gasteiger partial charge in [-0.05, 0) is 29.0 Å². The molecular formula is C14H15ClOS. The highest BCUT2D eigenvalue weighted by atomic mass is 35.5. The van der Waals surface area contributed by atoms with Crippen LogP contribution in [0.1, 0.15) is 28.3 Å². The molecule has 0 aliphatic carbocycles. The van der Waals surface area contributed by atoms with E-state index < -0.39 is 0 Å². The molecule has 17 heavy (non-hydrogen) atoms. The average molecular weight is 267 g/mol. The summed E-state index contributed by atoms with van der Waals surface area (Å²) in [5.41, 5.74) is 2.44. The third kappa shape index (κ3) is 2.64. The summed E-state index contributed by atoms with van der Waals surface area (Å²) in [6.07, 6.45) is 1.05. The first-order valence-corrected chi connectivity index (χ1v) is 6.92. The minimum Gasteiger partial charge on any atom is -0.496 e. The lowest BCUT2D eigenvalue weighted by Crippen LogP contribution is -1.94. The highest BCUT2D eigenvalue weighted by Gasteiger charge is 2.16. The molecule has 0 amide bonds. The van der Waals surface area contributed by atoms with Gasteiger partial charge in [-0.15, -0.1) is 22.9 Å². The Labute approximate surface area is 111 Å². The lowest BCUT2D eigenvalue weighted by Gasteiger charge is -2.10. The van der Waals surface area contributed by atoms with Crippen molar-refractivity contribution < 1.29 is 4.74 Å². The van der Waals surface area contributed by atoms with E-state index in [4.69, 9.17) is 16.3 Å². The number of alkyl halides is 1. The Morgan fingerprint density at radius 3 is 2.53 bits per heavy atom. The molecule has 0 bridgehead atoms. The zero-order chi connectivity index (χ0) is 12.3. The van der Waals surface area contributed by atoms with Crippen molar-refractivity contribution in [2.24, 2.45) is 0 Å². The molecule has 0 saturated heterocycles. The second kappa shape index (κ2) is 5.56. The molecule has 0 aliphatic heterocycles. The summed E-state index contributed by atoms with van der Waals surface area (Å²) in [6, 6.07) is 10.4. The van der Waals surface area contributed by atoms with Crippen LogP contribution in [0.3, 0.4) is 0 Å². The third-order valence-electron chi connectivity index (χ3n) is 2.79. The second-order valence-corrected chi connectivity index (χ2v) is 5.20. The van der Waals surface area contributed by atoms with Crippen LogP contribution in [-0.2, 0) is 6.42 Å². The zero-order valence-electron chi connectivity index (χ0n) is 9.94. The van der Waals surface area contributed by atoms with Crippen LogP contribution >= 0.6 is 22.9 Å². The SMILES string of the molecule is CCc1ccc(C(Cl)c2sccc2OC)cc1. The molecule has 0 fully saturated rings. The first-order valence-electron chi connectivity index (χ1n) is 5.60. The van der Waals surface area contributed by atoms with E-state index in [0.29, 0.717) is 0 Å². The van der Waals surface area contributed by atoms with Gasteiger partial charge < -0.3 is 4.74 Å². The molecule has 2 aromatic rings. The Morgan fingerprint density at radius 1 is 1.24 bits per heavy atom. The Balaban J connectivity index is 2.27. The molecule has 3 heteroatoms. The summed E-state index contributed by atoms with van der Waals surface area (Å²) in [5.74, 6) is 0.870. The van der Waals surface area contributed by atoms with Gasteiger partial charge in [-0.1, -0.05) is 31.2 Å². The normalized spacial score (nSPS) is 12.4. The van der Waals surface area contributed by atoms with Crippen LogP contribution in [0.15, 0.2) is 35.7 Å². The number of thiophene rings is 1. The Kier molecular flexibility index (Phi) is 4.08. The summed E-state index contributed by atoms with van der Waals surface area (Å²) in [6.45, 7) is 2.15. The van der Waals surface area contributed by atoms with Crippen LogP contribution in [0, 0.1) is 0 Å². The lowest BCUT2D eigenvalue weighted by atomic mass is 10.1. The van der Waals surface area contributed by atoms with Crippen molar-refractivity contribution in [1.29, 1.82) is 0 Å². The molecule has 0 saturated carbocycles. The molecule has 0 aliphatic rings. The molecule has 0 radical (unpaired) electrons. The number of methoxy groups -OCH3 is 1.